The highest BCUT2D eigenvalue weighted by Crippen LogP contribution is 2.37. The van der Waals surface area contributed by atoms with Crippen molar-refractivity contribution in [3.8, 4) is 0 Å². The van der Waals surface area contributed by atoms with Gasteiger partial charge in [0.05, 0.1) is 26.7 Å². The van der Waals surface area contributed by atoms with Crippen molar-refractivity contribution in [3.05, 3.63) is 92.2 Å². The molecule has 1 amide bonds. The fourth-order valence-corrected chi connectivity index (χ4v) is 4.62. The number of aryl methyl sites for hydroxylation is 1. The number of rotatable bonds is 5. The first-order chi connectivity index (χ1) is 14.9. The van der Waals surface area contributed by atoms with Gasteiger partial charge < -0.3 is 0 Å². The van der Waals surface area contributed by atoms with Crippen LogP contribution in [0.15, 0.2) is 54.9 Å². The van der Waals surface area contributed by atoms with Crippen LogP contribution in [0.5, 0.6) is 0 Å². The van der Waals surface area contributed by atoms with E-state index in [0.29, 0.717) is 15.7 Å². The summed E-state index contributed by atoms with van der Waals surface area (Å²) in [4.78, 5) is 34.8. The number of pyridine rings is 1. The van der Waals surface area contributed by atoms with Gasteiger partial charge >= 0.3 is 0 Å². The largest absolute Gasteiger partial charge is 0.279 e. The molecule has 0 aliphatic heterocycles. The molecule has 31 heavy (non-hydrogen) atoms. The van der Waals surface area contributed by atoms with Crippen molar-refractivity contribution in [1.29, 1.82) is 0 Å². The third-order valence-electron chi connectivity index (χ3n) is 4.96. The van der Waals surface area contributed by atoms with Gasteiger partial charge in [0, 0.05) is 29.6 Å². The minimum atomic E-state index is -0.488. The van der Waals surface area contributed by atoms with E-state index in [1.807, 2.05) is 19.1 Å². The first kappa shape index (κ1) is 20.9. The van der Waals surface area contributed by atoms with Gasteiger partial charge in [0.25, 0.3) is 11.6 Å². The third-order valence-corrected chi connectivity index (χ3v) is 6.50. The molecule has 0 saturated heterocycles. The molecule has 0 bridgehead atoms. The fourth-order valence-electron chi connectivity index (χ4n) is 3.31. The summed E-state index contributed by atoms with van der Waals surface area (Å²) in [5.41, 5.74) is 2.94. The molecule has 156 valence electrons. The maximum absolute atomic E-state index is 13.6. The van der Waals surface area contributed by atoms with Crippen LogP contribution < -0.4 is 4.90 Å². The van der Waals surface area contributed by atoms with Gasteiger partial charge in [-0.3, -0.25) is 24.8 Å². The highest BCUT2D eigenvalue weighted by Gasteiger charge is 2.26. The predicted molar refractivity (Wildman–Crippen MR) is 122 cm³/mol. The van der Waals surface area contributed by atoms with Crippen LogP contribution in [0.3, 0.4) is 0 Å². The van der Waals surface area contributed by atoms with E-state index in [-0.39, 0.29) is 23.7 Å². The molecule has 7 nitrogen and oxygen atoms in total. The summed E-state index contributed by atoms with van der Waals surface area (Å²) in [7, 11) is 0. The van der Waals surface area contributed by atoms with Crippen LogP contribution in [0.1, 0.15) is 27.0 Å². The maximum Gasteiger partial charge on any atom is 0.273 e. The summed E-state index contributed by atoms with van der Waals surface area (Å²) in [5, 5.41) is 12.4. The van der Waals surface area contributed by atoms with Gasteiger partial charge in [-0.25, -0.2) is 4.98 Å². The molecule has 4 rings (SSSR count). The Morgan fingerprint density at radius 2 is 2.00 bits per heavy atom. The quantitative estimate of drug-likeness (QED) is 0.285. The zero-order chi connectivity index (χ0) is 22.1. The number of benzene rings is 2. The zero-order valence-electron chi connectivity index (χ0n) is 16.7. The van der Waals surface area contributed by atoms with Crippen molar-refractivity contribution in [3.63, 3.8) is 0 Å². The van der Waals surface area contributed by atoms with Crippen LogP contribution >= 0.6 is 22.9 Å². The maximum atomic E-state index is 13.6. The summed E-state index contributed by atoms with van der Waals surface area (Å²) >= 11 is 7.68. The number of halogens is 1. The Kier molecular flexibility index (Phi) is 5.67. The molecular weight excluding hydrogens is 436 g/mol. The van der Waals surface area contributed by atoms with Gasteiger partial charge in [-0.2, -0.15) is 0 Å². The molecule has 0 N–H and O–H groups in total. The Morgan fingerprint density at radius 3 is 2.68 bits per heavy atom. The highest BCUT2D eigenvalue weighted by atomic mass is 35.5. The molecule has 4 aromatic rings. The van der Waals surface area contributed by atoms with Gasteiger partial charge in [0.15, 0.2) is 5.13 Å². The number of aromatic nitrogens is 2. The molecular formula is C22H17ClN4O3S. The van der Waals surface area contributed by atoms with Gasteiger partial charge in [-0.15, -0.1) is 0 Å². The van der Waals surface area contributed by atoms with Gasteiger partial charge in [-0.1, -0.05) is 41.1 Å². The highest BCUT2D eigenvalue weighted by molar-refractivity contribution is 7.23. The number of thiazole rings is 1. The molecule has 2 heterocycles. The molecule has 2 aromatic heterocycles. The number of nitrogens with zero attached hydrogens (tertiary/aromatic N) is 4. The van der Waals surface area contributed by atoms with Crippen LogP contribution in [0.25, 0.3) is 10.2 Å². The smallest absolute Gasteiger partial charge is 0.273 e. The Labute approximate surface area is 187 Å². The summed E-state index contributed by atoms with van der Waals surface area (Å²) in [6.45, 7) is 3.72. The number of nitro groups is 1. The minimum absolute atomic E-state index is 0.102. The van der Waals surface area contributed by atoms with E-state index in [0.717, 1.165) is 21.3 Å². The number of fused-ring (bicyclic) bond motifs is 1. The van der Waals surface area contributed by atoms with E-state index in [2.05, 4.69) is 9.97 Å². The first-order valence-electron chi connectivity index (χ1n) is 9.37. The molecule has 0 radical (unpaired) electrons. The Hall–Kier alpha value is -3.36. The second-order valence-electron chi connectivity index (χ2n) is 7.00. The average Bonchev–Trinajstić information content (AvgIpc) is 3.21. The van der Waals surface area contributed by atoms with Crippen LogP contribution in [0.4, 0.5) is 10.8 Å². The van der Waals surface area contributed by atoms with Crippen molar-refractivity contribution in [2.75, 3.05) is 4.90 Å². The Balaban J connectivity index is 1.85. The second-order valence-corrected chi connectivity index (χ2v) is 8.38. The van der Waals surface area contributed by atoms with E-state index < -0.39 is 4.92 Å². The summed E-state index contributed by atoms with van der Waals surface area (Å²) in [6.07, 6.45) is 3.33. The number of carbonyl (C=O) groups is 1. The molecule has 2 aromatic carbocycles. The standard InChI is InChI=1S/C22H17ClN4O3S/c1-13-8-9-17(23)20-19(13)25-22(31-20)26(12-15-5-4-10-24-11-15)21(28)16-6-3-7-18(14(16)2)27(29)30/h3-11H,12H2,1-2H3. The van der Waals surface area contributed by atoms with Crippen LogP contribution in [0.2, 0.25) is 5.02 Å². The third kappa shape index (κ3) is 3.99. The summed E-state index contributed by atoms with van der Waals surface area (Å²) in [5.74, 6) is -0.377. The summed E-state index contributed by atoms with van der Waals surface area (Å²) < 4.78 is 0.788. The average molecular weight is 453 g/mol. The number of nitro benzene ring substituents is 1. The van der Waals surface area contributed by atoms with Crippen molar-refractivity contribution in [2.45, 2.75) is 20.4 Å². The Morgan fingerprint density at radius 1 is 1.19 bits per heavy atom. The van der Waals surface area contributed by atoms with Gasteiger partial charge in [0.2, 0.25) is 0 Å². The Bertz CT molecular complexity index is 1270. The number of amides is 1. The lowest BCUT2D eigenvalue weighted by atomic mass is 10.1. The number of anilines is 1. The SMILES string of the molecule is Cc1c(C(=O)N(Cc2cccnc2)c2nc3c(C)ccc(Cl)c3s2)cccc1[N+](=O)[O-]. The van der Waals surface area contributed by atoms with Crippen molar-refractivity contribution < 1.29 is 9.72 Å². The summed E-state index contributed by atoms with van der Waals surface area (Å²) in [6, 6.07) is 11.8. The molecule has 0 atom stereocenters. The van der Waals surface area contributed by atoms with E-state index in [1.165, 1.54) is 28.4 Å². The zero-order valence-corrected chi connectivity index (χ0v) is 18.3. The number of hydrogen-bond donors (Lipinski definition) is 0. The molecule has 0 aliphatic rings. The van der Waals surface area contributed by atoms with Crippen LogP contribution in [-0.2, 0) is 6.54 Å². The fraction of sp³-hybridized carbons (Fsp3) is 0.136. The lowest BCUT2D eigenvalue weighted by molar-refractivity contribution is -0.385. The lowest BCUT2D eigenvalue weighted by Crippen LogP contribution is -2.31. The molecule has 0 fully saturated rings. The van der Waals surface area contributed by atoms with Crippen LogP contribution in [-0.4, -0.2) is 20.8 Å². The van der Waals surface area contributed by atoms with E-state index in [1.54, 1.807) is 37.5 Å². The molecule has 0 aliphatic carbocycles. The molecule has 0 unspecified atom stereocenters. The first-order valence-corrected chi connectivity index (χ1v) is 10.6. The number of hydrogen-bond acceptors (Lipinski definition) is 6. The monoisotopic (exact) mass is 452 g/mol. The second kappa shape index (κ2) is 8.41. The predicted octanol–water partition coefficient (Wildman–Crippen LogP) is 5.72. The lowest BCUT2D eigenvalue weighted by Gasteiger charge is -2.21. The number of carbonyl (C=O) groups excluding carboxylic acids is 1. The minimum Gasteiger partial charge on any atom is -0.279 e. The molecule has 0 spiro atoms. The van der Waals surface area contributed by atoms with Crippen LogP contribution in [0, 0.1) is 24.0 Å². The van der Waals surface area contributed by atoms with Gasteiger partial charge in [-0.05, 0) is 43.2 Å². The topological polar surface area (TPSA) is 89.2 Å². The molecule has 9 heteroatoms. The van der Waals surface area contributed by atoms with Crippen molar-refractivity contribution >= 4 is 49.9 Å². The van der Waals surface area contributed by atoms with E-state index in [4.69, 9.17) is 11.6 Å². The van der Waals surface area contributed by atoms with E-state index >= 15 is 0 Å². The van der Waals surface area contributed by atoms with Crippen molar-refractivity contribution in [1.82, 2.24) is 9.97 Å². The normalized spacial score (nSPS) is 10.9. The van der Waals surface area contributed by atoms with Gasteiger partial charge in [0.1, 0.15) is 0 Å². The molecule has 0 saturated carbocycles. The van der Waals surface area contributed by atoms with Crippen molar-refractivity contribution in [2.24, 2.45) is 0 Å². The van der Waals surface area contributed by atoms with E-state index in [9.17, 15) is 14.9 Å².